The smallest absolute Gasteiger partial charge is 0.231 e. The number of aliphatic hydroxyl groups excluding tert-OH is 1. The lowest BCUT2D eigenvalue weighted by Crippen LogP contribution is -2.47. The van der Waals surface area contributed by atoms with Crippen molar-refractivity contribution in [3.8, 4) is 11.5 Å². The summed E-state index contributed by atoms with van der Waals surface area (Å²) in [6, 6.07) is 9.58. The number of hydrogen-bond donors (Lipinski definition) is 1. The van der Waals surface area contributed by atoms with Crippen LogP contribution in [0.25, 0.3) is 0 Å². The molecule has 1 fully saturated rings. The lowest BCUT2D eigenvalue weighted by molar-refractivity contribution is 0.0677. The molecule has 1 atom stereocenters. The van der Waals surface area contributed by atoms with Gasteiger partial charge in [0.2, 0.25) is 6.79 Å². The van der Waals surface area contributed by atoms with Crippen molar-refractivity contribution >= 4 is 0 Å². The summed E-state index contributed by atoms with van der Waals surface area (Å²) in [4.78, 5) is 4.68. The molecule has 6 heteroatoms. The van der Waals surface area contributed by atoms with E-state index in [-0.39, 0.29) is 6.79 Å². The molecule has 2 aliphatic heterocycles. The molecule has 0 spiro atoms. The minimum Gasteiger partial charge on any atom is -0.468 e. The van der Waals surface area contributed by atoms with Gasteiger partial charge in [-0.25, -0.2) is 0 Å². The molecule has 128 valence electrons. The van der Waals surface area contributed by atoms with Gasteiger partial charge in [-0.1, -0.05) is 6.07 Å². The highest BCUT2D eigenvalue weighted by Gasteiger charge is 2.22. The molecular weight excluding hydrogens is 308 g/mol. The minimum absolute atomic E-state index is 0.256. The van der Waals surface area contributed by atoms with Gasteiger partial charge in [0.25, 0.3) is 0 Å². The topological polar surface area (TPSA) is 58.3 Å². The Hall–Kier alpha value is -2.02. The maximum atomic E-state index is 10.5. The van der Waals surface area contributed by atoms with E-state index < -0.39 is 6.10 Å². The first-order valence-electron chi connectivity index (χ1n) is 8.32. The van der Waals surface area contributed by atoms with Crippen molar-refractivity contribution in [3.05, 3.63) is 47.9 Å². The van der Waals surface area contributed by atoms with Gasteiger partial charge in [0.05, 0.1) is 18.9 Å². The molecule has 0 bridgehead atoms. The van der Waals surface area contributed by atoms with Crippen molar-refractivity contribution in [2.24, 2.45) is 0 Å². The zero-order chi connectivity index (χ0) is 16.4. The Bertz CT molecular complexity index is 666. The number of β-amino-alcohol motifs (C(OH)–C–C–N with tert-alkyl or cyclic N) is 1. The van der Waals surface area contributed by atoms with Crippen LogP contribution in [0, 0.1) is 0 Å². The highest BCUT2D eigenvalue weighted by atomic mass is 16.7. The standard InChI is InChI=1S/C18H22N2O4/c21-16(14-3-4-17-18(10-14)24-13-23-17)12-20-7-5-19(6-8-20)11-15-2-1-9-22-15/h1-4,9-10,16,21H,5-8,11-13H2/t16-/m0/s1. The molecular formula is C18H22N2O4. The van der Waals surface area contributed by atoms with Crippen LogP contribution in [-0.2, 0) is 6.54 Å². The molecule has 0 saturated carbocycles. The summed E-state index contributed by atoms with van der Waals surface area (Å²) < 4.78 is 16.1. The Kier molecular flexibility index (Phi) is 4.42. The van der Waals surface area contributed by atoms with E-state index in [0.717, 1.165) is 55.5 Å². The monoisotopic (exact) mass is 330 g/mol. The van der Waals surface area contributed by atoms with Crippen molar-refractivity contribution in [3.63, 3.8) is 0 Å². The predicted molar refractivity (Wildman–Crippen MR) is 87.9 cm³/mol. The van der Waals surface area contributed by atoms with E-state index in [1.165, 1.54) is 0 Å². The van der Waals surface area contributed by atoms with Crippen LogP contribution in [0.3, 0.4) is 0 Å². The molecule has 0 aliphatic carbocycles. The number of rotatable bonds is 5. The zero-order valence-corrected chi connectivity index (χ0v) is 13.6. The first-order valence-corrected chi connectivity index (χ1v) is 8.32. The molecule has 24 heavy (non-hydrogen) atoms. The third-order valence-electron chi connectivity index (χ3n) is 4.64. The van der Waals surface area contributed by atoms with E-state index >= 15 is 0 Å². The van der Waals surface area contributed by atoms with Crippen molar-refractivity contribution in [1.82, 2.24) is 9.80 Å². The van der Waals surface area contributed by atoms with E-state index in [2.05, 4.69) is 9.80 Å². The Balaban J connectivity index is 1.28. The Morgan fingerprint density at radius 2 is 1.79 bits per heavy atom. The summed E-state index contributed by atoms with van der Waals surface area (Å²) in [6.45, 7) is 5.60. The third kappa shape index (κ3) is 3.40. The Labute approximate surface area is 141 Å². The minimum atomic E-state index is -0.517. The van der Waals surface area contributed by atoms with Crippen LogP contribution in [0.2, 0.25) is 0 Å². The number of hydrogen-bond acceptors (Lipinski definition) is 6. The number of nitrogens with zero attached hydrogens (tertiary/aromatic N) is 2. The van der Waals surface area contributed by atoms with Crippen LogP contribution in [0.4, 0.5) is 0 Å². The SMILES string of the molecule is O[C@@H](CN1CCN(Cc2ccco2)CC1)c1ccc2c(c1)OCO2. The molecule has 0 unspecified atom stereocenters. The fourth-order valence-corrected chi connectivity index (χ4v) is 3.22. The Morgan fingerprint density at radius 1 is 1.00 bits per heavy atom. The van der Waals surface area contributed by atoms with Gasteiger partial charge >= 0.3 is 0 Å². The molecule has 0 amide bonds. The van der Waals surface area contributed by atoms with Crippen LogP contribution in [0.1, 0.15) is 17.4 Å². The number of fused-ring (bicyclic) bond motifs is 1. The van der Waals surface area contributed by atoms with E-state index in [4.69, 9.17) is 13.9 Å². The largest absolute Gasteiger partial charge is 0.468 e. The molecule has 0 radical (unpaired) electrons. The fraction of sp³-hybridized carbons (Fsp3) is 0.444. The van der Waals surface area contributed by atoms with Crippen molar-refractivity contribution in [2.75, 3.05) is 39.5 Å². The van der Waals surface area contributed by atoms with Crippen LogP contribution in [0.5, 0.6) is 11.5 Å². The molecule has 1 saturated heterocycles. The van der Waals surface area contributed by atoms with E-state index in [9.17, 15) is 5.11 Å². The average molecular weight is 330 g/mol. The van der Waals surface area contributed by atoms with Crippen molar-refractivity contribution in [1.29, 1.82) is 0 Å². The number of aliphatic hydroxyl groups is 1. The number of furan rings is 1. The van der Waals surface area contributed by atoms with Gasteiger partial charge in [-0.15, -0.1) is 0 Å². The quantitative estimate of drug-likeness (QED) is 0.903. The third-order valence-corrected chi connectivity index (χ3v) is 4.64. The predicted octanol–water partition coefficient (Wildman–Crippen LogP) is 1.86. The lowest BCUT2D eigenvalue weighted by Gasteiger charge is -2.35. The van der Waals surface area contributed by atoms with Gasteiger partial charge in [-0.2, -0.15) is 0 Å². The second-order valence-electron chi connectivity index (χ2n) is 6.28. The highest BCUT2D eigenvalue weighted by molar-refractivity contribution is 5.45. The molecule has 1 aromatic carbocycles. The maximum Gasteiger partial charge on any atom is 0.231 e. The van der Waals surface area contributed by atoms with Crippen LogP contribution >= 0.6 is 0 Å². The van der Waals surface area contributed by atoms with Gasteiger partial charge in [-0.3, -0.25) is 9.80 Å². The fourth-order valence-electron chi connectivity index (χ4n) is 3.22. The molecule has 6 nitrogen and oxygen atoms in total. The first kappa shape index (κ1) is 15.5. The number of ether oxygens (including phenoxy) is 2. The normalized spacial score (nSPS) is 19.5. The number of piperazine rings is 1. The van der Waals surface area contributed by atoms with E-state index in [0.29, 0.717) is 6.54 Å². The molecule has 2 aliphatic rings. The number of benzene rings is 1. The van der Waals surface area contributed by atoms with Gasteiger partial charge in [0, 0.05) is 32.7 Å². The zero-order valence-electron chi connectivity index (χ0n) is 13.6. The second-order valence-corrected chi connectivity index (χ2v) is 6.28. The summed E-state index contributed by atoms with van der Waals surface area (Å²) in [7, 11) is 0. The maximum absolute atomic E-state index is 10.5. The lowest BCUT2D eigenvalue weighted by atomic mass is 10.1. The van der Waals surface area contributed by atoms with Gasteiger partial charge in [0.15, 0.2) is 11.5 Å². The van der Waals surface area contributed by atoms with Crippen molar-refractivity contribution in [2.45, 2.75) is 12.6 Å². The van der Waals surface area contributed by atoms with Gasteiger partial charge in [-0.05, 0) is 29.8 Å². The molecule has 1 aromatic heterocycles. The van der Waals surface area contributed by atoms with Crippen molar-refractivity contribution < 1.29 is 19.0 Å². The summed E-state index contributed by atoms with van der Waals surface area (Å²) >= 11 is 0. The Morgan fingerprint density at radius 3 is 2.58 bits per heavy atom. The second kappa shape index (κ2) is 6.84. The molecule has 3 heterocycles. The summed E-state index contributed by atoms with van der Waals surface area (Å²) in [6.07, 6.45) is 1.20. The van der Waals surface area contributed by atoms with Gasteiger partial charge < -0.3 is 19.0 Å². The summed E-state index contributed by atoms with van der Waals surface area (Å²) in [5.41, 5.74) is 0.872. The molecule has 2 aromatic rings. The molecule has 4 rings (SSSR count). The van der Waals surface area contributed by atoms with Crippen LogP contribution in [0.15, 0.2) is 41.0 Å². The van der Waals surface area contributed by atoms with Crippen LogP contribution in [-0.4, -0.2) is 54.4 Å². The average Bonchev–Trinajstić information content (AvgIpc) is 3.27. The van der Waals surface area contributed by atoms with E-state index in [1.807, 2.05) is 30.3 Å². The summed E-state index contributed by atoms with van der Waals surface area (Å²) in [5.74, 6) is 2.47. The summed E-state index contributed by atoms with van der Waals surface area (Å²) in [5, 5.41) is 10.5. The van der Waals surface area contributed by atoms with Crippen LogP contribution < -0.4 is 9.47 Å². The van der Waals surface area contributed by atoms with E-state index in [1.54, 1.807) is 6.26 Å². The highest BCUT2D eigenvalue weighted by Crippen LogP contribution is 2.34. The van der Waals surface area contributed by atoms with Gasteiger partial charge in [0.1, 0.15) is 5.76 Å². The molecule has 1 N–H and O–H groups in total. The first-order chi connectivity index (χ1) is 11.8.